The fourth-order valence-corrected chi connectivity index (χ4v) is 3.39. The van der Waals surface area contributed by atoms with Crippen LogP contribution in [0.2, 0.25) is 0 Å². The van der Waals surface area contributed by atoms with Crippen LogP contribution >= 0.6 is 11.8 Å². The number of hydrazone groups is 1. The zero-order valence-electron chi connectivity index (χ0n) is 16.4. The molecule has 0 aliphatic carbocycles. The second-order valence-electron chi connectivity index (χ2n) is 6.51. The molecule has 1 aromatic heterocycles. The van der Waals surface area contributed by atoms with Crippen LogP contribution < -0.4 is 5.43 Å². The van der Waals surface area contributed by atoms with Crippen LogP contribution in [0, 0.1) is 0 Å². The number of aromatic nitrogens is 2. The Balaban J connectivity index is 1.60. The monoisotopic (exact) mass is 412 g/mol. The molecule has 1 heterocycles. The molecule has 5 nitrogen and oxygen atoms in total. The average molecular weight is 413 g/mol. The van der Waals surface area contributed by atoms with E-state index in [1.165, 1.54) is 4.90 Å². The average Bonchev–Trinajstić information content (AvgIpc) is 3.26. The Morgan fingerprint density at radius 2 is 1.63 bits per heavy atom. The van der Waals surface area contributed by atoms with Crippen molar-refractivity contribution in [3.8, 4) is 16.9 Å². The number of carbonyl (C=O) groups excluding carboxylic acids is 1. The van der Waals surface area contributed by atoms with Gasteiger partial charge < -0.3 is 0 Å². The van der Waals surface area contributed by atoms with E-state index in [1.807, 2.05) is 91.2 Å². The highest BCUT2D eigenvalue weighted by molar-refractivity contribution is 7.98. The lowest BCUT2D eigenvalue weighted by Gasteiger charge is -2.01. The van der Waals surface area contributed by atoms with Crippen molar-refractivity contribution in [2.75, 3.05) is 6.26 Å². The van der Waals surface area contributed by atoms with Gasteiger partial charge in [0, 0.05) is 16.7 Å². The van der Waals surface area contributed by atoms with Gasteiger partial charge in [-0.15, -0.1) is 11.8 Å². The van der Waals surface area contributed by atoms with Gasteiger partial charge in [0.2, 0.25) is 0 Å². The zero-order valence-corrected chi connectivity index (χ0v) is 17.2. The van der Waals surface area contributed by atoms with Crippen LogP contribution in [0.15, 0.2) is 101 Å². The summed E-state index contributed by atoms with van der Waals surface area (Å²) in [5.41, 5.74) is 6.35. The third kappa shape index (κ3) is 4.50. The predicted octanol–water partition coefficient (Wildman–Crippen LogP) is 5.03. The van der Waals surface area contributed by atoms with Crippen LogP contribution in [0.1, 0.15) is 15.9 Å². The largest absolute Gasteiger partial charge is 0.275 e. The highest BCUT2D eigenvalue weighted by Crippen LogP contribution is 2.23. The lowest BCUT2D eigenvalue weighted by atomic mass is 10.1. The van der Waals surface area contributed by atoms with Crippen molar-refractivity contribution in [1.82, 2.24) is 15.2 Å². The number of nitrogens with one attached hydrogen (secondary N) is 1. The van der Waals surface area contributed by atoms with E-state index in [-0.39, 0.29) is 5.91 Å². The number of nitrogens with zero attached hydrogens (tertiary/aromatic N) is 3. The number of rotatable bonds is 6. The summed E-state index contributed by atoms with van der Waals surface area (Å²) in [4.78, 5) is 14.1. The summed E-state index contributed by atoms with van der Waals surface area (Å²) >= 11 is 1.68. The van der Waals surface area contributed by atoms with E-state index < -0.39 is 0 Å². The maximum Gasteiger partial charge on any atom is 0.275 e. The molecule has 4 aromatic rings. The molecule has 0 saturated heterocycles. The van der Waals surface area contributed by atoms with Crippen molar-refractivity contribution in [2.24, 2.45) is 5.10 Å². The molecular formula is C24H20N4OS. The number of thioether (sulfide) groups is 1. The van der Waals surface area contributed by atoms with Crippen molar-refractivity contribution in [3.63, 3.8) is 0 Å². The first-order valence-corrected chi connectivity index (χ1v) is 10.6. The molecule has 3 aromatic carbocycles. The molecule has 6 heteroatoms. The Kier molecular flexibility index (Phi) is 6.06. The van der Waals surface area contributed by atoms with E-state index in [0.717, 1.165) is 16.8 Å². The molecule has 148 valence electrons. The first kappa shape index (κ1) is 19.7. The van der Waals surface area contributed by atoms with Crippen molar-refractivity contribution < 1.29 is 4.79 Å². The molecule has 0 radical (unpaired) electrons. The fraction of sp³-hybridized carbons (Fsp3) is 0.0417. The lowest BCUT2D eigenvalue weighted by molar-refractivity contribution is 0.0956. The van der Waals surface area contributed by atoms with Gasteiger partial charge in [-0.3, -0.25) is 4.79 Å². The summed E-state index contributed by atoms with van der Waals surface area (Å²) in [5, 5.41) is 8.78. The van der Waals surface area contributed by atoms with E-state index in [4.69, 9.17) is 0 Å². The van der Waals surface area contributed by atoms with Gasteiger partial charge in [0.25, 0.3) is 5.91 Å². The highest BCUT2D eigenvalue weighted by atomic mass is 32.2. The molecule has 0 saturated carbocycles. The van der Waals surface area contributed by atoms with Crippen LogP contribution in [0.4, 0.5) is 0 Å². The van der Waals surface area contributed by atoms with E-state index in [9.17, 15) is 4.79 Å². The first-order valence-electron chi connectivity index (χ1n) is 9.42. The molecule has 1 amide bonds. The van der Waals surface area contributed by atoms with E-state index in [2.05, 4.69) is 15.6 Å². The van der Waals surface area contributed by atoms with E-state index in [0.29, 0.717) is 11.3 Å². The molecule has 0 fully saturated rings. The quantitative estimate of drug-likeness (QED) is 0.275. The van der Waals surface area contributed by atoms with Gasteiger partial charge in [0.1, 0.15) is 5.69 Å². The Hall–Kier alpha value is -3.64. The van der Waals surface area contributed by atoms with Gasteiger partial charge in [-0.1, -0.05) is 60.7 Å². The minimum absolute atomic E-state index is 0.312. The summed E-state index contributed by atoms with van der Waals surface area (Å²) in [5.74, 6) is -0.312. The van der Waals surface area contributed by atoms with E-state index >= 15 is 0 Å². The Labute approximate surface area is 179 Å². The van der Waals surface area contributed by atoms with Gasteiger partial charge in [-0.2, -0.15) is 10.2 Å². The van der Waals surface area contributed by atoms with Crippen molar-refractivity contribution in [3.05, 3.63) is 102 Å². The molecule has 0 atom stereocenters. The summed E-state index contributed by atoms with van der Waals surface area (Å²) in [6.45, 7) is 0. The Bertz CT molecular complexity index is 1150. The van der Waals surface area contributed by atoms with Crippen LogP contribution in [0.3, 0.4) is 0 Å². The highest BCUT2D eigenvalue weighted by Gasteiger charge is 2.18. The van der Waals surface area contributed by atoms with Gasteiger partial charge in [-0.25, -0.2) is 10.1 Å². The second kappa shape index (κ2) is 9.24. The number of hydrogen-bond acceptors (Lipinski definition) is 4. The van der Waals surface area contributed by atoms with Gasteiger partial charge in [-0.05, 0) is 36.1 Å². The number of carbonyl (C=O) groups is 1. The topological polar surface area (TPSA) is 59.3 Å². The van der Waals surface area contributed by atoms with Crippen molar-refractivity contribution >= 4 is 23.9 Å². The first-order chi connectivity index (χ1) is 14.7. The second-order valence-corrected chi connectivity index (χ2v) is 7.39. The van der Waals surface area contributed by atoms with Crippen LogP contribution in [0.5, 0.6) is 0 Å². The van der Waals surface area contributed by atoms with E-state index in [1.54, 1.807) is 28.9 Å². The zero-order chi connectivity index (χ0) is 20.8. The van der Waals surface area contributed by atoms with Gasteiger partial charge in [0.15, 0.2) is 0 Å². The molecule has 0 bridgehead atoms. The van der Waals surface area contributed by atoms with Crippen LogP contribution in [0.25, 0.3) is 16.9 Å². The Morgan fingerprint density at radius 1 is 0.967 bits per heavy atom. The van der Waals surface area contributed by atoms with Crippen LogP contribution in [-0.2, 0) is 0 Å². The molecular weight excluding hydrogens is 392 g/mol. The summed E-state index contributed by atoms with van der Waals surface area (Å²) in [7, 11) is 0. The number of benzene rings is 3. The normalized spacial score (nSPS) is 11.0. The molecule has 4 rings (SSSR count). The number of hydrogen-bond donors (Lipinski definition) is 1. The lowest BCUT2D eigenvalue weighted by Crippen LogP contribution is -2.17. The molecule has 0 aliphatic rings. The fourth-order valence-electron chi connectivity index (χ4n) is 2.98. The number of para-hydroxylation sites is 1. The maximum absolute atomic E-state index is 12.9. The van der Waals surface area contributed by atoms with Crippen LogP contribution in [-0.4, -0.2) is 28.2 Å². The summed E-state index contributed by atoms with van der Waals surface area (Å²) < 4.78 is 1.71. The summed E-state index contributed by atoms with van der Waals surface area (Å²) in [6.07, 6.45) is 5.39. The molecule has 30 heavy (non-hydrogen) atoms. The minimum atomic E-state index is -0.312. The molecule has 0 aliphatic heterocycles. The Morgan fingerprint density at radius 3 is 2.30 bits per heavy atom. The minimum Gasteiger partial charge on any atom is -0.267 e. The molecule has 1 N–H and O–H groups in total. The predicted molar refractivity (Wildman–Crippen MR) is 122 cm³/mol. The third-order valence-electron chi connectivity index (χ3n) is 4.52. The number of amides is 1. The smallest absolute Gasteiger partial charge is 0.267 e. The summed E-state index contributed by atoms with van der Waals surface area (Å²) in [6, 6.07) is 27.3. The molecule has 0 spiro atoms. The standard InChI is InChI=1S/C24H20N4OS/c1-30-21-14-12-18(13-15-21)16-25-26-24(29)22-17-28(20-10-6-3-7-11-20)27-23(22)19-8-4-2-5-9-19/h2-17H,1H3,(H,26,29)/b25-16+. The third-order valence-corrected chi connectivity index (χ3v) is 5.27. The van der Waals surface area contributed by atoms with Gasteiger partial charge >= 0.3 is 0 Å². The SMILES string of the molecule is CSc1ccc(/C=N/NC(=O)c2cn(-c3ccccc3)nc2-c2ccccc2)cc1. The van der Waals surface area contributed by atoms with Crippen molar-refractivity contribution in [1.29, 1.82) is 0 Å². The maximum atomic E-state index is 12.9. The van der Waals surface area contributed by atoms with Crippen molar-refractivity contribution in [2.45, 2.75) is 4.90 Å². The van der Waals surface area contributed by atoms with Gasteiger partial charge in [0.05, 0.1) is 17.5 Å². The molecule has 0 unspecified atom stereocenters.